The highest BCUT2D eigenvalue weighted by Crippen LogP contribution is 2.39. The summed E-state index contributed by atoms with van der Waals surface area (Å²) in [5.41, 5.74) is 2.59. The second-order valence-corrected chi connectivity index (χ2v) is 6.17. The number of carbonyl (C=O) groups is 1. The first-order chi connectivity index (χ1) is 13.1. The molecule has 0 saturated heterocycles. The lowest BCUT2D eigenvalue weighted by Gasteiger charge is -2.22. The van der Waals surface area contributed by atoms with Crippen molar-refractivity contribution in [2.45, 2.75) is 26.3 Å². The van der Waals surface area contributed by atoms with Crippen molar-refractivity contribution in [2.75, 3.05) is 20.8 Å². The molecule has 1 amide bonds. The highest BCUT2D eigenvalue weighted by molar-refractivity contribution is 6.05. The van der Waals surface area contributed by atoms with Crippen LogP contribution in [0.3, 0.4) is 0 Å². The molecule has 0 N–H and O–H groups in total. The van der Waals surface area contributed by atoms with Gasteiger partial charge in [0.2, 0.25) is 5.91 Å². The van der Waals surface area contributed by atoms with Gasteiger partial charge in [0, 0.05) is 30.5 Å². The number of amides is 1. The zero-order valence-electron chi connectivity index (χ0n) is 16.1. The summed E-state index contributed by atoms with van der Waals surface area (Å²) in [5, 5.41) is 6.13. The van der Waals surface area contributed by atoms with Crippen molar-refractivity contribution in [3.63, 3.8) is 0 Å². The van der Waals surface area contributed by atoms with E-state index in [2.05, 4.69) is 5.10 Å². The maximum Gasteiger partial charge on any atom is 0.240 e. The first-order valence-electron chi connectivity index (χ1n) is 8.90. The summed E-state index contributed by atoms with van der Waals surface area (Å²) >= 11 is 0. The molecule has 2 aromatic carbocycles. The van der Waals surface area contributed by atoms with Gasteiger partial charge in [-0.05, 0) is 25.1 Å². The highest BCUT2D eigenvalue weighted by Gasteiger charge is 2.34. The summed E-state index contributed by atoms with van der Waals surface area (Å²) in [6.45, 7) is 4.02. The van der Waals surface area contributed by atoms with Crippen molar-refractivity contribution in [1.29, 1.82) is 0 Å². The van der Waals surface area contributed by atoms with Gasteiger partial charge in [-0.2, -0.15) is 5.10 Å². The minimum Gasteiger partial charge on any atom is -0.497 e. The minimum absolute atomic E-state index is 0.117. The number of rotatable bonds is 6. The van der Waals surface area contributed by atoms with Crippen LogP contribution in [0.1, 0.15) is 37.4 Å². The van der Waals surface area contributed by atoms with Crippen LogP contribution in [-0.2, 0) is 4.79 Å². The van der Waals surface area contributed by atoms with Gasteiger partial charge in [-0.15, -0.1) is 0 Å². The Morgan fingerprint density at radius 2 is 1.93 bits per heavy atom. The number of carbonyl (C=O) groups excluding carboxylic acids is 1. The molecule has 1 aliphatic heterocycles. The van der Waals surface area contributed by atoms with E-state index in [1.54, 1.807) is 14.2 Å². The fourth-order valence-electron chi connectivity index (χ4n) is 3.29. The molecule has 0 aromatic heterocycles. The number of hydrogen-bond acceptors (Lipinski definition) is 5. The first-order valence-corrected chi connectivity index (χ1v) is 8.90. The van der Waals surface area contributed by atoms with E-state index in [4.69, 9.17) is 14.2 Å². The van der Waals surface area contributed by atoms with Gasteiger partial charge in [0.1, 0.15) is 17.2 Å². The van der Waals surface area contributed by atoms with Crippen molar-refractivity contribution < 1.29 is 19.0 Å². The Kier molecular flexibility index (Phi) is 5.64. The lowest BCUT2D eigenvalue weighted by atomic mass is 9.97. The summed E-state index contributed by atoms with van der Waals surface area (Å²) in [4.78, 5) is 12.3. The van der Waals surface area contributed by atoms with Gasteiger partial charge in [-0.3, -0.25) is 4.79 Å². The first kappa shape index (κ1) is 18.8. The van der Waals surface area contributed by atoms with Crippen LogP contribution in [0.25, 0.3) is 0 Å². The predicted molar refractivity (Wildman–Crippen MR) is 104 cm³/mol. The van der Waals surface area contributed by atoms with E-state index in [1.165, 1.54) is 11.9 Å². The fraction of sp³-hybridized carbons (Fsp3) is 0.333. The molecule has 0 radical (unpaired) electrons. The molecule has 0 bridgehead atoms. The van der Waals surface area contributed by atoms with Crippen LogP contribution >= 0.6 is 0 Å². The third-order valence-corrected chi connectivity index (χ3v) is 4.53. The van der Waals surface area contributed by atoms with Gasteiger partial charge in [0.25, 0.3) is 0 Å². The van der Waals surface area contributed by atoms with Crippen LogP contribution in [0.4, 0.5) is 0 Å². The lowest BCUT2D eigenvalue weighted by molar-refractivity contribution is -0.130. The van der Waals surface area contributed by atoms with E-state index in [-0.39, 0.29) is 11.9 Å². The number of ether oxygens (including phenoxy) is 3. The number of nitrogens with zero attached hydrogens (tertiary/aromatic N) is 2. The summed E-state index contributed by atoms with van der Waals surface area (Å²) in [7, 11) is 3.22. The molecule has 142 valence electrons. The predicted octanol–water partition coefficient (Wildman–Crippen LogP) is 3.80. The highest BCUT2D eigenvalue weighted by atomic mass is 16.5. The standard InChI is InChI=1S/C21H24N2O4/c1-5-27-20-9-7-6-8-17(20)19-13-18(22-23(19)14(2)24)16-11-10-15(25-3)12-21(16)26-4/h6-12,19H,5,13H2,1-4H3. The molecular formula is C21H24N2O4. The second kappa shape index (κ2) is 8.12. The van der Waals surface area contributed by atoms with E-state index < -0.39 is 0 Å². The van der Waals surface area contributed by atoms with Gasteiger partial charge < -0.3 is 14.2 Å². The summed E-state index contributed by atoms with van der Waals surface area (Å²) in [5.74, 6) is 2.02. The maximum absolute atomic E-state index is 12.3. The normalized spacial score (nSPS) is 16.1. The van der Waals surface area contributed by atoms with E-state index in [0.717, 1.165) is 22.6 Å². The molecule has 0 aliphatic carbocycles. The molecular weight excluding hydrogens is 344 g/mol. The monoisotopic (exact) mass is 368 g/mol. The van der Waals surface area contributed by atoms with Gasteiger partial charge in [0.15, 0.2) is 0 Å². The molecule has 1 aliphatic rings. The quantitative estimate of drug-likeness (QED) is 0.778. The Bertz CT molecular complexity index is 863. The maximum atomic E-state index is 12.3. The average Bonchev–Trinajstić information content (AvgIpc) is 3.13. The summed E-state index contributed by atoms with van der Waals surface area (Å²) in [6.07, 6.45) is 0.576. The molecule has 1 atom stereocenters. The van der Waals surface area contributed by atoms with Crippen LogP contribution in [0.2, 0.25) is 0 Å². The van der Waals surface area contributed by atoms with Gasteiger partial charge >= 0.3 is 0 Å². The van der Waals surface area contributed by atoms with E-state index in [1.807, 2.05) is 49.4 Å². The van der Waals surface area contributed by atoms with Crippen molar-refractivity contribution in [3.8, 4) is 17.2 Å². The number of hydrazone groups is 1. The van der Waals surface area contributed by atoms with Gasteiger partial charge in [0.05, 0.1) is 32.6 Å². The fourth-order valence-corrected chi connectivity index (χ4v) is 3.29. The molecule has 3 rings (SSSR count). The zero-order valence-corrected chi connectivity index (χ0v) is 16.1. The van der Waals surface area contributed by atoms with Crippen LogP contribution in [0.15, 0.2) is 47.6 Å². The van der Waals surface area contributed by atoms with Crippen molar-refractivity contribution in [1.82, 2.24) is 5.01 Å². The number of hydrogen-bond donors (Lipinski definition) is 0. The minimum atomic E-state index is -0.216. The molecule has 6 heteroatoms. The Hall–Kier alpha value is -3.02. The molecule has 1 unspecified atom stereocenters. The second-order valence-electron chi connectivity index (χ2n) is 6.17. The topological polar surface area (TPSA) is 60.4 Å². The van der Waals surface area contributed by atoms with Gasteiger partial charge in [-0.1, -0.05) is 18.2 Å². The van der Waals surface area contributed by atoms with Gasteiger partial charge in [-0.25, -0.2) is 5.01 Å². The van der Waals surface area contributed by atoms with E-state index >= 15 is 0 Å². The largest absolute Gasteiger partial charge is 0.497 e. The van der Waals surface area contributed by atoms with Crippen LogP contribution in [-0.4, -0.2) is 37.5 Å². The van der Waals surface area contributed by atoms with Crippen LogP contribution in [0, 0.1) is 0 Å². The number of methoxy groups -OCH3 is 2. The van der Waals surface area contributed by atoms with Crippen molar-refractivity contribution in [2.24, 2.45) is 5.10 Å². The summed E-state index contributed by atoms with van der Waals surface area (Å²) < 4.78 is 16.5. The Morgan fingerprint density at radius 1 is 1.15 bits per heavy atom. The lowest BCUT2D eigenvalue weighted by Crippen LogP contribution is -2.24. The molecule has 0 fully saturated rings. The van der Waals surface area contributed by atoms with Crippen molar-refractivity contribution in [3.05, 3.63) is 53.6 Å². The average molecular weight is 368 g/mol. The smallest absolute Gasteiger partial charge is 0.240 e. The van der Waals surface area contributed by atoms with Crippen LogP contribution in [0.5, 0.6) is 17.2 Å². The third kappa shape index (κ3) is 3.74. The Labute approximate surface area is 159 Å². The molecule has 0 saturated carbocycles. The number of benzene rings is 2. The molecule has 1 heterocycles. The third-order valence-electron chi connectivity index (χ3n) is 4.53. The summed E-state index contributed by atoms with van der Waals surface area (Å²) in [6, 6.07) is 13.1. The molecule has 27 heavy (non-hydrogen) atoms. The van der Waals surface area contributed by atoms with E-state index in [9.17, 15) is 4.79 Å². The molecule has 2 aromatic rings. The van der Waals surface area contributed by atoms with Crippen LogP contribution < -0.4 is 14.2 Å². The van der Waals surface area contributed by atoms with Crippen molar-refractivity contribution >= 4 is 11.6 Å². The Morgan fingerprint density at radius 3 is 2.59 bits per heavy atom. The Balaban J connectivity index is 2.00. The zero-order chi connectivity index (χ0) is 19.4. The molecule has 0 spiro atoms. The van der Waals surface area contributed by atoms with E-state index in [0.29, 0.717) is 24.5 Å². The molecule has 6 nitrogen and oxygen atoms in total. The SMILES string of the molecule is CCOc1ccccc1C1CC(c2ccc(OC)cc2OC)=NN1C(C)=O. The number of para-hydroxylation sites is 1.